The zero-order valence-electron chi connectivity index (χ0n) is 17.8. The number of likely N-dealkylation sites (N-methyl/N-ethyl adjacent to an activating group) is 1. The van der Waals surface area contributed by atoms with E-state index >= 15 is 0 Å². The SMILES string of the molecule is CN(C)C(=O)[C@@H](NC(=O)C[C@H](O)C(=O)N(O)CC#Cc1ccc(Cl)cc1)C(C)(C)C. The Labute approximate surface area is 181 Å². The van der Waals surface area contributed by atoms with E-state index in [0.29, 0.717) is 10.6 Å². The number of hydroxylamine groups is 2. The first-order valence-corrected chi connectivity index (χ1v) is 9.64. The van der Waals surface area contributed by atoms with Crippen LogP contribution < -0.4 is 5.32 Å². The van der Waals surface area contributed by atoms with Crippen LogP contribution in [0.25, 0.3) is 0 Å². The number of rotatable bonds is 6. The van der Waals surface area contributed by atoms with E-state index in [2.05, 4.69) is 17.2 Å². The number of benzene rings is 1. The number of hydrogen-bond donors (Lipinski definition) is 3. The maximum absolute atomic E-state index is 12.3. The molecule has 0 aromatic heterocycles. The van der Waals surface area contributed by atoms with Crippen LogP contribution in [0.2, 0.25) is 5.02 Å². The molecular formula is C21H28ClN3O5. The topological polar surface area (TPSA) is 110 Å². The van der Waals surface area contributed by atoms with Crippen LogP contribution in [0.3, 0.4) is 0 Å². The van der Waals surface area contributed by atoms with E-state index in [0.717, 1.165) is 0 Å². The first-order valence-electron chi connectivity index (χ1n) is 9.26. The van der Waals surface area contributed by atoms with Crippen molar-refractivity contribution < 1.29 is 24.7 Å². The van der Waals surface area contributed by atoms with Crippen molar-refractivity contribution in [1.82, 2.24) is 15.3 Å². The first-order chi connectivity index (χ1) is 13.8. The maximum atomic E-state index is 12.3. The largest absolute Gasteiger partial charge is 0.383 e. The zero-order valence-corrected chi connectivity index (χ0v) is 18.5. The molecule has 0 saturated carbocycles. The van der Waals surface area contributed by atoms with E-state index in [4.69, 9.17) is 11.6 Å². The van der Waals surface area contributed by atoms with Gasteiger partial charge in [-0.15, -0.1) is 0 Å². The molecule has 0 radical (unpaired) electrons. The summed E-state index contributed by atoms with van der Waals surface area (Å²) in [5, 5.41) is 23.2. The van der Waals surface area contributed by atoms with Crippen LogP contribution in [-0.2, 0) is 14.4 Å². The Kier molecular flexibility index (Phi) is 9.30. The Morgan fingerprint density at radius 2 is 1.70 bits per heavy atom. The third-order valence-corrected chi connectivity index (χ3v) is 4.34. The molecule has 2 atom stereocenters. The molecule has 30 heavy (non-hydrogen) atoms. The molecule has 0 spiro atoms. The molecule has 1 aromatic carbocycles. The number of halogens is 1. The van der Waals surface area contributed by atoms with Crippen molar-refractivity contribution in [2.75, 3.05) is 20.6 Å². The smallest absolute Gasteiger partial charge is 0.276 e. The van der Waals surface area contributed by atoms with Gasteiger partial charge in [-0.1, -0.05) is 44.2 Å². The van der Waals surface area contributed by atoms with Crippen molar-refractivity contribution in [2.24, 2.45) is 5.41 Å². The summed E-state index contributed by atoms with van der Waals surface area (Å²) in [6.45, 7) is 5.01. The van der Waals surface area contributed by atoms with Crippen molar-refractivity contribution in [3.05, 3.63) is 34.9 Å². The van der Waals surface area contributed by atoms with Gasteiger partial charge in [-0.05, 0) is 29.7 Å². The molecule has 3 N–H and O–H groups in total. The summed E-state index contributed by atoms with van der Waals surface area (Å²) in [4.78, 5) is 38.0. The lowest BCUT2D eigenvalue weighted by Gasteiger charge is -2.32. The fourth-order valence-corrected chi connectivity index (χ4v) is 2.52. The Morgan fingerprint density at radius 3 is 2.20 bits per heavy atom. The van der Waals surface area contributed by atoms with Gasteiger partial charge in [-0.3, -0.25) is 19.6 Å². The van der Waals surface area contributed by atoms with Gasteiger partial charge in [0, 0.05) is 24.7 Å². The summed E-state index contributed by atoms with van der Waals surface area (Å²) >= 11 is 5.78. The molecular weight excluding hydrogens is 410 g/mol. The highest BCUT2D eigenvalue weighted by atomic mass is 35.5. The summed E-state index contributed by atoms with van der Waals surface area (Å²) < 4.78 is 0. The second-order valence-electron chi connectivity index (χ2n) is 8.02. The molecule has 0 heterocycles. The fraction of sp³-hybridized carbons (Fsp3) is 0.476. The summed E-state index contributed by atoms with van der Waals surface area (Å²) in [5.74, 6) is 3.26. The van der Waals surface area contributed by atoms with Crippen LogP contribution in [0, 0.1) is 17.3 Å². The Bertz CT molecular complexity index is 822. The predicted molar refractivity (Wildman–Crippen MR) is 113 cm³/mol. The molecule has 0 aliphatic rings. The first kappa shape index (κ1) is 25.4. The molecule has 8 nitrogen and oxygen atoms in total. The monoisotopic (exact) mass is 437 g/mol. The van der Waals surface area contributed by atoms with Gasteiger partial charge in [-0.25, -0.2) is 5.06 Å². The summed E-state index contributed by atoms with van der Waals surface area (Å²) in [5.41, 5.74) is 0.0608. The minimum absolute atomic E-state index is 0.243. The van der Waals surface area contributed by atoms with Gasteiger partial charge in [-0.2, -0.15) is 0 Å². The molecule has 0 aliphatic carbocycles. The number of aliphatic hydroxyl groups is 1. The van der Waals surface area contributed by atoms with Gasteiger partial charge >= 0.3 is 0 Å². The minimum atomic E-state index is -1.78. The third-order valence-electron chi connectivity index (χ3n) is 4.08. The van der Waals surface area contributed by atoms with E-state index < -0.39 is 35.8 Å². The van der Waals surface area contributed by atoms with E-state index in [1.807, 2.05) is 0 Å². The second kappa shape index (κ2) is 11.0. The standard InChI is InChI=1S/C21H28ClN3O5/c1-21(2,3)18(20(29)24(4)5)23-17(27)13-16(26)19(28)25(30)12-6-7-14-8-10-15(22)11-9-14/h8-11,16,18,26,30H,12-13H2,1-5H3,(H,23,27)/t16-,18+/m0/s1. The number of carbonyl (C=O) groups is 3. The lowest BCUT2D eigenvalue weighted by molar-refractivity contribution is -0.173. The maximum Gasteiger partial charge on any atom is 0.276 e. The Morgan fingerprint density at radius 1 is 1.13 bits per heavy atom. The summed E-state index contributed by atoms with van der Waals surface area (Å²) in [6.07, 6.45) is -2.38. The van der Waals surface area contributed by atoms with Gasteiger partial charge in [0.1, 0.15) is 18.7 Å². The second-order valence-corrected chi connectivity index (χ2v) is 8.46. The van der Waals surface area contributed by atoms with Gasteiger partial charge in [0.05, 0.1) is 6.42 Å². The van der Waals surface area contributed by atoms with Crippen molar-refractivity contribution in [2.45, 2.75) is 39.3 Å². The molecule has 1 rings (SSSR count). The van der Waals surface area contributed by atoms with E-state index in [1.165, 1.54) is 4.90 Å². The molecule has 9 heteroatoms. The number of nitrogens with one attached hydrogen (secondary N) is 1. The van der Waals surface area contributed by atoms with Crippen LogP contribution in [-0.4, -0.2) is 70.8 Å². The molecule has 0 aliphatic heterocycles. The molecule has 0 fully saturated rings. The molecule has 164 valence electrons. The molecule has 0 saturated heterocycles. The summed E-state index contributed by atoms with van der Waals surface area (Å²) in [7, 11) is 3.14. The van der Waals surface area contributed by atoms with Crippen LogP contribution >= 0.6 is 11.6 Å². The predicted octanol–water partition coefficient (Wildman–Crippen LogP) is 1.28. The number of aliphatic hydroxyl groups excluding tert-OH is 1. The average molecular weight is 438 g/mol. The van der Waals surface area contributed by atoms with E-state index in [1.54, 1.807) is 59.1 Å². The normalized spacial score (nSPS) is 12.8. The van der Waals surface area contributed by atoms with Crippen molar-refractivity contribution in [3.63, 3.8) is 0 Å². The van der Waals surface area contributed by atoms with Crippen LogP contribution in [0.4, 0.5) is 0 Å². The van der Waals surface area contributed by atoms with Gasteiger partial charge in [0.2, 0.25) is 11.8 Å². The molecule has 0 bridgehead atoms. The minimum Gasteiger partial charge on any atom is -0.383 e. The van der Waals surface area contributed by atoms with E-state index in [-0.39, 0.29) is 17.5 Å². The highest BCUT2D eigenvalue weighted by Crippen LogP contribution is 2.21. The van der Waals surface area contributed by atoms with Gasteiger partial charge in [0.25, 0.3) is 5.91 Å². The van der Waals surface area contributed by atoms with Gasteiger partial charge in [0.15, 0.2) is 0 Å². The van der Waals surface area contributed by atoms with Crippen LogP contribution in [0.15, 0.2) is 24.3 Å². The van der Waals surface area contributed by atoms with E-state index in [9.17, 15) is 24.7 Å². The average Bonchev–Trinajstić information content (AvgIpc) is 2.65. The zero-order chi connectivity index (χ0) is 23.1. The lowest BCUT2D eigenvalue weighted by Crippen LogP contribution is -2.54. The molecule has 3 amide bonds. The molecule has 0 unspecified atom stereocenters. The number of carbonyl (C=O) groups excluding carboxylic acids is 3. The van der Waals surface area contributed by atoms with Crippen molar-refractivity contribution in [1.29, 1.82) is 0 Å². The van der Waals surface area contributed by atoms with Gasteiger partial charge < -0.3 is 15.3 Å². The number of nitrogens with zero attached hydrogens (tertiary/aromatic N) is 2. The van der Waals surface area contributed by atoms with Crippen LogP contribution in [0.5, 0.6) is 0 Å². The highest BCUT2D eigenvalue weighted by Gasteiger charge is 2.34. The Balaban J connectivity index is 2.66. The highest BCUT2D eigenvalue weighted by molar-refractivity contribution is 6.30. The van der Waals surface area contributed by atoms with Crippen molar-refractivity contribution in [3.8, 4) is 11.8 Å². The quantitative estimate of drug-likeness (QED) is 0.353. The van der Waals surface area contributed by atoms with Crippen molar-refractivity contribution >= 4 is 29.3 Å². The molecule has 1 aromatic rings. The third kappa shape index (κ3) is 8.03. The summed E-state index contributed by atoms with van der Waals surface area (Å²) in [6, 6.07) is 5.83. The number of hydrogen-bond acceptors (Lipinski definition) is 5. The van der Waals surface area contributed by atoms with Crippen LogP contribution in [0.1, 0.15) is 32.8 Å². The lowest BCUT2D eigenvalue weighted by atomic mass is 9.85. The Hall–Kier alpha value is -2.60. The fourth-order valence-electron chi connectivity index (χ4n) is 2.39. The number of amides is 3.